The Bertz CT molecular complexity index is 786. The number of aliphatic carboxylic acids is 2. The monoisotopic (exact) mass is 361 g/mol. The highest BCUT2D eigenvalue weighted by molar-refractivity contribution is 5.87. The van der Waals surface area contributed by atoms with Gasteiger partial charge >= 0.3 is 11.9 Å². The second-order valence-electron chi connectivity index (χ2n) is 6.01. The van der Waals surface area contributed by atoms with Crippen LogP contribution in [-0.4, -0.2) is 51.7 Å². The van der Waals surface area contributed by atoms with Gasteiger partial charge in [0.15, 0.2) is 0 Å². The van der Waals surface area contributed by atoms with Gasteiger partial charge in [-0.2, -0.15) is 0 Å². The molecule has 8 nitrogen and oxygen atoms in total. The molecule has 2 atom stereocenters. The number of hydrogen-bond donors (Lipinski definition) is 5. The van der Waals surface area contributed by atoms with Crippen molar-refractivity contribution in [2.75, 3.05) is 6.54 Å². The van der Waals surface area contributed by atoms with Crippen molar-refractivity contribution in [2.45, 2.75) is 38.3 Å². The average Bonchev–Trinajstić information content (AvgIpc) is 3.00. The molecule has 1 aromatic heterocycles. The summed E-state index contributed by atoms with van der Waals surface area (Å²) >= 11 is 0. The first kappa shape index (κ1) is 19.5. The molecule has 1 aromatic carbocycles. The number of carbonyl (C=O) groups excluding carboxylic acids is 1. The summed E-state index contributed by atoms with van der Waals surface area (Å²) in [6.07, 6.45) is 1.90. The molecule has 1 heterocycles. The van der Waals surface area contributed by atoms with Crippen LogP contribution >= 0.6 is 0 Å². The van der Waals surface area contributed by atoms with Crippen molar-refractivity contribution in [3.8, 4) is 0 Å². The Morgan fingerprint density at radius 2 is 1.81 bits per heavy atom. The summed E-state index contributed by atoms with van der Waals surface area (Å²) in [7, 11) is 0. The summed E-state index contributed by atoms with van der Waals surface area (Å²) in [6, 6.07) is 5.60. The smallest absolute Gasteiger partial charge is 0.326 e. The number of aromatic nitrogens is 1. The average molecular weight is 361 g/mol. The lowest BCUT2D eigenvalue weighted by molar-refractivity contribution is -0.142. The molecule has 1 amide bonds. The quantitative estimate of drug-likeness (QED) is 0.431. The van der Waals surface area contributed by atoms with Crippen molar-refractivity contribution in [1.29, 1.82) is 0 Å². The number of carboxylic acid groups (broad SMARTS) is 2. The van der Waals surface area contributed by atoms with Gasteiger partial charge in [0.1, 0.15) is 12.1 Å². The van der Waals surface area contributed by atoms with E-state index < -0.39 is 29.9 Å². The zero-order valence-corrected chi connectivity index (χ0v) is 14.5. The number of benzene rings is 1. The minimum absolute atomic E-state index is 0.0678. The Kier molecular flexibility index (Phi) is 6.74. The van der Waals surface area contributed by atoms with E-state index in [1.807, 2.05) is 24.3 Å². The molecule has 0 aliphatic carbocycles. The largest absolute Gasteiger partial charge is 0.480 e. The molecule has 0 bridgehead atoms. The Hall–Kier alpha value is -2.87. The maximum Gasteiger partial charge on any atom is 0.326 e. The number of aromatic amines is 1. The molecular formula is C18H23N3O5. The molecule has 26 heavy (non-hydrogen) atoms. The van der Waals surface area contributed by atoms with Crippen LogP contribution in [0.15, 0.2) is 30.5 Å². The minimum Gasteiger partial charge on any atom is -0.480 e. The Balaban J connectivity index is 1.98. The van der Waals surface area contributed by atoms with Gasteiger partial charge in [0.2, 0.25) is 5.91 Å². The maximum atomic E-state index is 12.1. The Morgan fingerprint density at radius 3 is 2.46 bits per heavy atom. The fraction of sp³-hybridized carbons (Fsp3) is 0.389. The number of H-pyrrole nitrogens is 1. The number of carboxylic acids is 2. The number of para-hydroxylation sites is 1. The molecule has 0 spiro atoms. The van der Waals surface area contributed by atoms with E-state index in [1.54, 1.807) is 13.1 Å². The zero-order valence-electron chi connectivity index (χ0n) is 14.5. The number of hydrogen-bond acceptors (Lipinski definition) is 4. The third-order valence-electron chi connectivity index (χ3n) is 4.14. The lowest BCUT2D eigenvalue weighted by Crippen LogP contribution is -2.43. The van der Waals surface area contributed by atoms with Crippen LogP contribution < -0.4 is 10.6 Å². The van der Waals surface area contributed by atoms with E-state index in [1.165, 1.54) is 0 Å². The fourth-order valence-electron chi connectivity index (χ4n) is 2.82. The van der Waals surface area contributed by atoms with Crippen LogP contribution in [-0.2, 0) is 20.8 Å². The van der Waals surface area contributed by atoms with Crippen LogP contribution in [0.5, 0.6) is 0 Å². The van der Waals surface area contributed by atoms with Gasteiger partial charge in [0.05, 0.1) is 0 Å². The Morgan fingerprint density at radius 1 is 1.12 bits per heavy atom. The third kappa shape index (κ3) is 5.06. The van der Waals surface area contributed by atoms with Crippen molar-refractivity contribution in [3.05, 3.63) is 36.0 Å². The maximum absolute atomic E-state index is 12.1. The van der Waals surface area contributed by atoms with Crippen molar-refractivity contribution in [2.24, 2.45) is 0 Å². The molecule has 2 unspecified atom stereocenters. The number of nitrogens with one attached hydrogen (secondary N) is 3. The van der Waals surface area contributed by atoms with Crippen LogP contribution in [0.2, 0.25) is 0 Å². The highest BCUT2D eigenvalue weighted by atomic mass is 16.4. The molecule has 0 radical (unpaired) electrons. The molecule has 8 heteroatoms. The molecule has 0 aliphatic rings. The van der Waals surface area contributed by atoms with Crippen LogP contribution in [0.1, 0.15) is 25.3 Å². The van der Waals surface area contributed by atoms with E-state index in [0.717, 1.165) is 16.5 Å². The van der Waals surface area contributed by atoms with E-state index in [4.69, 9.17) is 5.11 Å². The van der Waals surface area contributed by atoms with E-state index in [2.05, 4.69) is 15.6 Å². The molecule has 5 N–H and O–H groups in total. The van der Waals surface area contributed by atoms with Gasteiger partial charge in [-0.05, 0) is 24.6 Å². The summed E-state index contributed by atoms with van der Waals surface area (Å²) in [4.78, 5) is 37.7. The fourth-order valence-corrected chi connectivity index (χ4v) is 2.82. The first-order chi connectivity index (χ1) is 12.4. The predicted octanol–water partition coefficient (Wildman–Crippen LogP) is 1.12. The van der Waals surface area contributed by atoms with Crippen LogP contribution in [0.3, 0.4) is 0 Å². The van der Waals surface area contributed by atoms with Gasteiger partial charge in [-0.1, -0.05) is 25.1 Å². The van der Waals surface area contributed by atoms with Crippen LogP contribution in [0, 0.1) is 0 Å². The lowest BCUT2D eigenvalue weighted by atomic mass is 10.0. The van der Waals surface area contributed by atoms with E-state index in [-0.39, 0.29) is 19.3 Å². The molecule has 0 saturated carbocycles. The molecule has 2 rings (SSSR count). The van der Waals surface area contributed by atoms with Crippen molar-refractivity contribution in [1.82, 2.24) is 15.6 Å². The highest BCUT2D eigenvalue weighted by Gasteiger charge is 2.23. The molecule has 2 aromatic rings. The highest BCUT2D eigenvalue weighted by Crippen LogP contribution is 2.19. The molecule has 0 saturated heterocycles. The topological polar surface area (TPSA) is 132 Å². The van der Waals surface area contributed by atoms with Gasteiger partial charge in [0, 0.05) is 29.9 Å². The predicted molar refractivity (Wildman–Crippen MR) is 95.9 cm³/mol. The SMILES string of the molecule is CCNC(CCC(=O)NC(Cc1c[nH]c2ccccc12)C(=O)O)C(=O)O. The van der Waals surface area contributed by atoms with Crippen molar-refractivity contribution in [3.63, 3.8) is 0 Å². The van der Waals surface area contributed by atoms with Gasteiger partial charge in [-0.15, -0.1) is 0 Å². The lowest BCUT2D eigenvalue weighted by Gasteiger charge is -2.16. The second-order valence-corrected chi connectivity index (χ2v) is 6.01. The summed E-state index contributed by atoms with van der Waals surface area (Å²) in [5.74, 6) is -2.65. The first-order valence-corrected chi connectivity index (χ1v) is 8.45. The summed E-state index contributed by atoms with van der Waals surface area (Å²) in [6.45, 7) is 2.24. The van der Waals surface area contributed by atoms with Crippen molar-refractivity contribution >= 4 is 28.7 Å². The minimum atomic E-state index is -1.13. The Labute approximate surface area is 150 Å². The normalized spacial score (nSPS) is 13.3. The first-order valence-electron chi connectivity index (χ1n) is 8.45. The van der Waals surface area contributed by atoms with Crippen molar-refractivity contribution < 1.29 is 24.6 Å². The molecule has 140 valence electrons. The number of fused-ring (bicyclic) bond motifs is 1. The third-order valence-corrected chi connectivity index (χ3v) is 4.14. The number of carbonyl (C=O) groups is 3. The standard InChI is InChI=1S/C18H23N3O5/c1-2-19-14(17(23)24)7-8-16(22)21-15(18(25)26)9-11-10-20-13-6-4-3-5-12(11)13/h3-6,10,14-15,19-20H,2,7-9H2,1H3,(H,21,22)(H,23,24)(H,25,26). The molecule has 0 aliphatic heterocycles. The summed E-state index contributed by atoms with van der Waals surface area (Å²) < 4.78 is 0. The summed E-state index contributed by atoms with van der Waals surface area (Å²) in [5, 5.41) is 24.6. The van der Waals surface area contributed by atoms with E-state index in [0.29, 0.717) is 6.54 Å². The van der Waals surface area contributed by atoms with E-state index in [9.17, 15) is 19.5 Å². The number of rotatable bonds is 10. The number of amides is 1. The van der Waals surface area contributed by atoms with Crippen LogP contribution in [0.4, 0.5) is 0 Å². The molecular weight excluding hydrogens is 338 g/mol. The molecule has 0 fully saturated rings. The zero-order chi connectivity index (χ0) is 19.1. The van der Waals surface area contributed by atoms with Gasteiger partial charge in [-0.25, -0.2) is 4.79 Å². The van der Waals surface area contributed by atoms with Gasteiger partial charge < -0.3 is 25.8 Å². The van der Waals surface area contributed by atoms with Crippen LogP contribution in [0.25, 0.3) is 10.9 Å². The van der Waals surface area contributed by atoms with Gasteiger partial charge in [0.25, 0.3) is 0 Å². The second kappa shape index (κ2) is 9.00. The number of likely N-dealkylation sites (N-methyl/N-ethyl adjacent to an activating group) is 1. The van der Waals surface area contributed by atoms with E-state index >= 15 is 0 Å². The summed E-state index contributed by atoms with van der Waals surface area (Å²) in [5.41, 5.74) is 1.69. The van der Waals surface area contributed by atoms with Gasteiger partial charge in [-0.3, -0.25) is 9.59 Å².